The molecule has 0 aliphatic heterocycles. The van der Waals surface area contributed by atoms with Crippen LogP contribution in [0.2, 0.25) is 5.02 Å². The molecule has 0 spiro atoms. The van der Waals surface area contributed by atoms with Gasteiger partial charge >= 0.3 is 0 Å². The standard InChI is InChI=1S/C22H21ClN2O4S/c23-20-8-4-5-9-21(20)29-15-14-22(26)25-18-10-12-19(13-11-18)30(27,28)24-16-17-6-2-1-3-7-17/h1-13,24H,14-16H2,(H,25,26). The highest BCUT2D eigenvalue weighted by molar-refractivity contribution is 7.89. The Balaban J connectivity index is 1.49. The van der Waals surface area contributed by atoms with E-state index >= 15 is 0 Å². The van der Waals surface area contributed by atoms with Gasteiger partial charge in [-0.1, -0.05) is 54.1 Å². The molecule has 3 aromatic rings. The molecule has 1 amide bonds. The average Bonchev–Trinajstić information content (AvgIpc) is 2.75. The lowest BCUT2D eigenvalue weighted by Crippen LogP contribution is -2.23. The number of carbonyl (C=O) groups is 1. The molecule has 0 aromatic heterocycles. The van der Waals surface area contributed by atoms with Gasteiger partial charge in [-0.15, -0.1) is 0 Å². The third-order valence-electron chi connectivity index (χ3n) is 4.18. The minimum Gasteiger partial charge on any atom is -0.491 e. The van der Waals surface area contributed by atoms with Crippen LogP contribution in [0.3, 0.4) is 0 Å². The van der Waals surface area contributed by atoms with Crippen molar-refractivity contribution in [1.29, 1.82) is 0 Å². The molecule has 0 atom stereocenters. The van der Waals surface area contributed by atoms with E-state index in [2.05, 4.69) is 10.0 Å². The fourth-order valence-electron chi connectivity index (χ4n) is 2.61. The van der Waals surface area contributed by atoms with Crippen LogP contribution in [0.1, 0.15) is 12.0 Å². The molecule has 0 saturated carbocycles. The van der Waals surface area contributed by atoms with Crippen LogP contribution in [-0.4, -0.2) is 20.9 Å². The Bertz CT molecular complexity index is 1090. The van der Waals surface area contributed by atoms with Gasteiger partial charge in [0.1, 0.15) is 5.75 Å². The van der Waals surface area contributed by atoms with Crippen LogP contribution in [0, 0.1) is 0 Å². The number of rotatable bonds is 9. The number of hydrogen-bond donors (Lipinski definition) is 2. The van der Waals surface area contributed by atoms with E-state index in [1.54, 1.807) is 36.4 Å². The minimum atomic E-state index is -3.65. The number of hydrogen-bond acceptors (Lipinski definition) is 4. The van der Waals surface area contributed by atoms with Gasteiger partial charge in [0.2, 0.25) is 15.9 Å². The van der Waals surface area contributed by atoms with Gasteiger partial charge < -0.3 is 10.1 Å². The second-order valence-corrected chi connectivity index (χ2v) is 8.59. The second-order valence-electron chi connectivity index (χ2n) is 6.41. The Morgan fingerprint density at radius 1 is 0.900 bits per heavy atom. The summed E-state index contributed by atoms with van der Waals surface area (Å²) < 4.78 is 32.9. The lowest BCUT2D eigenvalue weighted by atomic mass is 10.2. The maximum atomic E-state index is 12.4. The molecule has 0 radical (unpaired) electrons. The SMILES string of the molecule is O=C(CCOc1ccccc1Cl)Nc1ccc(S(=O)(=O)NCc2ccccc2)cc1. The Hall–Kier alpha value is -2.87. The van der Waals surface area contributed by atoms with E-state index in [1.807, 2.05) is 30.3 Å². The zero-order valence-corrected chi connectivity index (χ0v) is 17.6. The number of benzene rings is 3. The van der Waals surface area contributed by atoms with Gasteiger partial charge in [0, 0.05) is 12.2 Å². The first kappa shape index (κ1) is 21.8. The van der Waals surface area contributed by atoms with Crippen molar-refractivity contribution in [3.05, 3.63) is 89.4 Å². The van der Waals surface area contributed by atoms with E-state index in [-0.39, 0.29) is 30.4 Å². The monoisotopic (exact) mass is 444 g/mol. The lowest BCUT2D eigenvalue weighted by molar-refractivity contribution is -0.116. The van der Waals surface area contributed by atoms with Crippen molar-refractivity contribution in [2.24, 2.45) is 0 Å². The predicted molar refractivity (Wildman–Crippen MR) is 117 cm³/mol. The fraction of sp³-hybridized carbons (Fsp3) is 0.136. The fourth-order valence-corrected chi connectivity index (χ4v) is 3.82. The Labute approximate surface area is 180 Å². The largest absolute Gasteiger partial charge is 0.491 e. The quantitative estimate of drug-likeness (QED) is 0.517. The van der Waals surface area contributed by atoms with Crippen molar-refractivity contribution >= 4 is 33.2 Å². The van der Waals surface area contributed by atoms with Crippen LogP contribution in [0.25, 0.3) is 0 Å². The smallest absolute Gasteiger partial charge is 0.240 e. The van der Waals surface area contributed by atoms with Crippen molar-refractivity contribution in [1.82, 2.24) is 4.72 Å². The highest BCUT2D eigenvalue weighted by Crippen LogP contribution is 2.23. The maximum absolute atomic E-state index is 12.4. The van der Waals surface area contributed by atoms with Crippen LogP contribution < -0.4 is 14.8 Å². The third kappa shape index (κ3) is 6.32. The molecule has 0 fully saturated rings. The van der Waals surface area contributed by atoms with Gasteiger partial charge in [0.25, 0.3) is 0 Å². The number of amides is 1. The molecule has 3 rings (SSSR count). The number of anilines is 1. The summed E-state index contributed by atoms with van der Waals surface area (Å²) in [5.74, 6) is 0.268. The number of carbonyl (C=O) groups excluding carboxylic acids is 1. The summed E-state index contributed by atoms with van der Waals surface area (Å²) in [6.45, 7) is 0.374. The molecule has 8 heteroatoms. The summed E-state index contributed by atoms with van der Waals surface area (Å²) in [6, 6.07) is 22.3. The van der Waals surface area contributed by atoms with E-state index in [0.29, 0.717) is 16.5 Å². The van der Waals surface area contributed by atoms with Gasteiger partial charge in [0.05, 0.1) is 22.9 Å². The van der Waals surface area contributed by atoms with E-state index < -0.39 is 10.0 Å². The first-order valence-electron chi connectivity index (χ1n) is 9.25. The van der Waals surface area contributed by atoms with Gasteiger partial charge in [-0.3, -0.25) is 4.79 Å². The molecule has 156 valence electrons. The summed E-state index contributed by atoms with van der Waals surface area (Å²) in [5, 5.41) is 3.19. The van der Waals surface area contributed by atoms with Crippen LogP contribution in [-0.2, 0) is 21.4 Å². The Kier molecular flexibility index (Phi) is 7.46. The molecule has 2 N–H and O–H groups in total. The van der Waals surface area contributed by atoms with E-state index in [4.69, 9.17) is 16.3 Å². The van der Waals surface area contributed by atoms with Gasteiger partial charge in [-0.2, -0.15) is 0 Å². The summed E-state index contributed by atoms with van der Waals surface area (Å²) in [4.78, 5) is 12.2. The van der Waals surface area contributed by atoms with E-state index in [9.17, 15) is 13.2 Å². The molecule has 0 heterocycles. The van der Waals surface area contributed by atoms with Gasteiger partial charge in [-0.25, -0.2) is 13.1 Å². The molecule has 0 bridgehead atoms. The number of halogens is 1. The number of sulfonamides is 1. The predicted octanol–water partition coefficient (Wildman–Crippen LogP) is 4.23. The zero-order chi connectivity index (χ0) is 21.4. The number of para-hydroxylation sites is 1. The summed E-state index contributed by atoms with van der Waals surface area (Å²) in [6.07, 6.45) is 0.129. The maximum Gasteiger partial charge on any atom is 0.240 e. The summed E-state index contributed by atoms with van der Waals surface area (Å²) in [5.41, 5.74) is 1.36. The molecule has 0 aliphatic carbocycles. The molecule has 0 unspecified atom stereocenters. The molecule has 3 aromatic carbocycles. The normalized spacial score (nSPS) is 11.1. The number of ether oxygens (including phenoxy) is 1. The topological polar surface area (TPSA) is 84.5 Å². The van der Waals surface area contributed by atoms with Crippen molar-refractivity contribution in [3.8, 4) is 5.75 Å². The minimum absolute atomic E-state index is 0.124. The van der Waals surface area contributed by atoms with Crippen molar-refractivity contribution in [2.75, 3.05) is 11.9 Å². The second kappa shape index (κ2) is 10.2. The van der Waals surface area contributed by atoms with Crippen molar-refractivity contribution < 1.29 is 17.9 Å². The summed E-state index contributed by atoms with van der Waals surface area (Å²) >= 11 is 6.00. The summed E-state index contributed by atoms with van der Waals surface area (Å²) in [7, 11) is -3.65. The molecular formula is C22H21ClN2O4S. The molecule has 0 aliphatic rings. The molecule has 6 nitrogen and oxygen atoms in total. The van der Waals surface area contributed by atoms with Gasteiger partial charge in [-0.05, 0) is 42.0 Å². The highest BCUT2D eigenvalue weighted by Gasteiger charge is 2.14. The Morgan fingerprint density at radius 3 is 2.27 bits per heavy atom. The van der Waals surface area contributed by atoms with Crippen LogP contribution in [0.15, 0.2) is 83.8 Å². The first-order chi connectivity index (χ1) is 14.4. The van der Waals surface area contributed by atoms with Gasteiger partial charge in [0.15, 0.2) is 0 Å². The van der Waals surface area contributed by atoms with Crippen molar-refractivity contribution in [3.63, 3.8) is 0 Å². The van der Waals surface area contributed by atoms with Crippen LogP contribution in [0.5, 0.6) is 5.75 Å². The lowest BCUT2D eigenvalue weighted by Gasteiger charge is -2.10. The average molecular weight is 445 g/mol. The van der Waals surface area contributed by atoms with Crippen LogP contribution >= 0.6 is 11.6 Å². The first-order valence-corrected chi connectivity index (χ1v) is 11.1. The highest BCUT2D eigenvalue weighted by atomic mass is 35.5. The van der Waals surface area contributed by atoms with Crippen molar-refractivity contribution in [2.45, 2.75) is 17.9 Å². The molecule has 30 heavy (non-hydrogen) atoms. The molecular weight excluding hydrogens is 424 g/mol. The van der Waals surface area contributed by atoms with E-state index in [1.165, 1.54) is 12.1 Å². The molecule has 0 saturated heterocycles. The number of nitrogens with one attached hydrogen (secondary N) is 2. The Morgan fingerprint density at radius 2 is 1.57 bits per heavy atom. The van der Waals surface area contributed by atoms with E-state index in [0.717, 1.165) is 5.56 Å². The third-order valence-corrected chi connectivity index (χ3v) is 5.91. The van der Waals surface area contributed by atoms with Crippen LogP contribution in [0.4, 0.5) is 5.69 Å². The zero-order valence-electron chi connectivity index (χ0n) is 16.0.